The minimum absolute atomic E-state index is 0.132. The quantitative estimate of drug-likeness (QED) is 0.850. The number of nitrogens with one attached hydrogen (secondary N) is 1. The van der Waals surface area contributed by atoms with Gasteiger partial charge >= 0.3 is 0 Å². The highest BCUT2D eigenvalue weighted by Gasteiger charge is 2.24. The molecule has 1 atom stereocenters. The van der Waals surface area contributed by atoms with Gasteiger partial charge < -0.3 is 20.1 Å². The second-order valence-corrected chi connectivity index (χ2v) is 5.71. The van der Waals surface area contributed by atoms with Crippen LogP contribution in [0.25, 0.3) is 0 Å². The summed E-state index contributed by atoms with van der Waals surface area (Å²) in [5, 5.41) is 12.4. The van der Waals surface area contributed by atoms with E-state index in [1.807, 2.05) is 0 Å². The maximum absolute atomic E-state index is 12.2. The minimum Gasteiger partial charge on any atom is -0.507 e. The van der Waals surface area contributed by atoms with Crippen LogP contribution in [0.1, 0.15) is 17.3 Å². The van der Waals surface area contributed by atoms with Gasteiger partial charge in [0.1, 0.15) is 11.8 Å². The number of benzene rings is 1. The molecule has 1 aromatic rings. The highest BCUT2D eigenvalue weighted by Crippen LogP contribution is 2.22. The SMILES string of the molecule is CC(NC(=O)c1ccc(Br)cc1O)C(=O)N1CCOCC1. The van der Waals surface area contributed by atoms with Gasteiger partial charge in [0.15, 0.2) is 0 Å². The number of nitrogens with zero attached hydrogens (tertiary/aromatic N) is 1. The molecule has 0 spiro atoms. The molecule has 0 aromatic heterocycles. The molecule has 0 radical (unpaired) electrons. The van der Waals surface area contributed by atoms with Gasteiger partial charge in [-0.15, -0.1) is 0 Å². The number of carbonyl (C=O) groups excluding carboxylic acids is 2. The van der Waals surface area contributed by atoms with Crippen LogP contribution in [0.15, 0.2) is 22.7 Å². The van der Waals surface area contributed by atoms with E-state index in [2.05, 4.69) is 21.2 Å². The maximum atomic E-state index is 12.2. The van der Waals surface area contributed by atoms with Crippen molar-refractivity contribution < 1.29 is 19.4 Å². The Bertz CT molecular complexity index is 544. The fourth-order valence-electron chi connectivity index (χ4n) is 2.09. The molecule has 1 aliphatic heterocycles. The summed E-state index contributed by atoms with van der Waals surface area (Å²) in [5.41, 5.74) is 0.139. The Balaban J connectivity index is 1.99. The highest BCUT2D eigenvalue weighted by atomic mass is 79.9. The molecule has 2 amide bonds. The zero-order valence-electron chi connectivity index (χ0n) is 11.6. The van der Waals surface area contributed by atoms with Crippen LogP contribution < -0.4 is 5.32 Å². The molecule has 2 N–H and O–H groups in total. The number of rotatable bonds is 3. The van der Waals surface area contributed by atoms with Crippen molar-refractivity contribution >= 4 is 27.7 Å². The van der Waals surface area contributed by atoms with E-state index in [-0.39, 0.29) is 17.2 Å². The number of phenols is 1. The zero-order valence-corrected chi connectivity index (χ0v) is 13.2. The van der Waals surface area contributed by atoms with E-state index in [9.17, 15) is 14.7 Å². The summed E-state index contributed by atoms with van der Waals surface area (Å²) in [6.45, 7) is 3.72. The summed E-state index contributed by atoms with van der Waals surface area (Å²) in [6.07, 6.45) is 0. The molecule has 114 valence electrons. The Kier molecular flexibility index (Phi) is 5.19. The van der Waals surface area contributed by atoms with E-state index < -0.39 is 11.9 Å². The molecule has 1 saturated heterocycles. The molecule has 1 aliphatic rings. The van der Waals surface area contributed by atoms with Crippen LogP contribution in [-0.2, 0) is 9.53 Å². The number of phenolic OH excluding ortho intramolecular Hbond substituents is 1. The van der Waals surface area contributed by atoms with E-state index in [0.717, 1.165) is 0 Å². The Morgan fingerprint density at radius 2 is 2.05 bits per heavy atom. The van der Waals surface area contributed by atoms with Gasteiger partial charge in [0.25, 0.3) is 5.91 Å². The molecule has 21 heavy (non-hydrogen) atoms. The molecule has 1 unspecified atom stereocenters. The van der Waals surface area contributed by atoms with Gasteiger partial charge in [-0.05, 0) is 25.1 Å². The van der Waals surface area contributed by atoms with E-state index in [4.69, 9.17) is 4.74 Å². The molecule has 6 nitrogen and oxygen atoms in total. The molecule has 0 saturated carbocycles. The molecule has 2 rings (SSSR count). The number of ether oxygens (including phenoxy) is 1. The van der Waals surface area contributed by atoms with Gasteiger partial charge in [-0.3, -0.25) is 9.59 Å². The predicted molar refractivity (Wildman–Crippen MR) is 80.1 cm³/mol. The first kappa shape index (κ1) is 15.8. The zero-order chi connectivity index (χ0) is 15.4. The van der Waals surface area contributed by atoms with Gasteiger partial charge in [0, 0.05) is 17.6 Å². The number of aromatic hydroxyl groups is 1. The third-order valence-electron chi connectivity index (χ3n) is 3.25. The Hall–Kier alpha value is -1.60. The van der Waals surface area contributed by atoms with Gasteiger partial charge in [0.05, 0.1) is 18.8 Å². The van der Waals surface area contributed by atoms with Crippen LogP contribution in [0.3, 0.4) is 0 Å². The number of carbonyl (C=O) groups is 2. The van der Waals surface area contributed by atoms with Crippen molar-refractivity contribution in [2.24, 2.45) is 0 Å². The second kappa shape index (κ2) is 6.91. The van der Waals surface area contributed by atoms with Crippen LogP contribution in [0.4, 0.5) is 0 Å². The summed E-state index contributed by atoms with van der Waals surface area (Å²) in [7, 11) is 0. The molecule has 1 heterocycles. The molecular weight excluding hydrogens is 340 g/mol. The molecule has 7 heteroatoms. The Morgan fingerprint density at radius 1 is 1.38 bits per heavy atom. The normalized spacial score (nSPS) is 16.4. The lowest BCUT2D eigenvalue weighted by atomic mass is 10.1. The maximum Gasteiger partial charge on any atom is 0.255 e. The summed E-state index contributed by atoms with van der Waals surface area (Å²) in [5.74, 6) is -0.759. The van der Waals surface area contributed by atoms with Crippen LogP contribution >= 0.6 is 15.9 Å². The Labute approximate surface area is 131 Å². The van der Waals surface area contributed by atoms with Crippen LogP contribution in [0.2, 0.25) is 0 Å². The fourth-order valence-corrected chi connectivity index (χ4v) is 2.44. The monoisotopic (exact) mass is 356 g/mol. The van der Waals surface area contributed by atoms with Gasteiger partial charge in [-0.1, -0.05) is 15.9 Å². The molecular formula is C14H17BrN2O4. The standard InChI is InChI=1S/C14H17BrN2O4/c1-9(14(20)17-4-6-21-7-5-17)16-13(19)11-3-2-10(15)8-12(11)18/h2-3,8-9,18H,4-7H2,1H3,(H,16,19). The first-order valence-electron chi connectivity index (χ1n) is 6.65. The highest BCUT2D eigenvalue weighted by molar-refractivity contribution is 9.10. The largest absolute Gasteiger partial charge is 0.507 e. The third kappa shape index (κ3) is 3.95. The van der Waals surface area contributed by atoms with Crippen molar-refractivity contribution in [3.05, 3.63) is 28.2 Å². The number of hydrogen-bond acceptors (Lipinski definition) is 4. The van der Waals surface area contributed by atoms with E-state index in [1.54, 1.807) is 17.9 Å². The average molecular weight is 357 g/mol. The third-order valence-corrected chi connectivity index (χ3v) is 3.74. The number of morpholine rings is 1. The molecule has 0 aliphatic carbocycles. The summed E-state index contributed by atoms with van der Waals surface area (Å²) in [4.78, 5) is 25.9. The van der Waals surface area contributed by atoms with Crippen molar-refractivity contribution in [3.8, 4) is 5.75 Å². The van der Waals surface area contributed by atoms with Gasteiger partial charge in [-0.25, -0.2) is 0 Å². The Morgan fingerprint density at radius 3 is 2.67 bits per heavy atom. The van der Waals surface area contributed by atoms with Crippen molar-refractivity contribution in [3.63, 3.8) is 0 Å². The van der Waals surface area contributed by atoms with E-state index in [1.165, 1.54) is 12.1 Å². The average Bonchev–Trinajstić information content (AvgIpc) is 2.47. The first-order valence-corrected chi connectivity index (χ1v) is 7.44. The van der Waals surface area contributed by atoms with Crippen LogP contribution in [0, 0.1) is 0 Å². The number of hydrogen-bond donors (Lipinski definition) is 2. The molecule has 1 fully saturated rings. The van der Waals surface area contributed by atoms with Gasteiger partial charge in [-0.2, -0.15) is 0 Å². The molecule has 1 aromatic carbocycles. The summed E-state index contributed by atoms with van der Waals surface area (Å²) < 4.78 is 5.86. The number of amides is 2. The number of halogens is 1. The fraction of sp³-hybridized carbons (Fsp3) is 0.429. The van der Waals surface area contributed by atoms with Crippen molar-refractivity contribution in [1.82, 2.24) is 10.2 Å². The predicted octanol–water partition coefficient (Wildman–Crippen LogP) is 1.13. The van der Waals surface area contributed by atoms with Gasteiger partial charge in [0.2, 0.25) is 5.91 Å². The second-order valence-electron chi connectivity index (χ2n) is 4.79. The lowest BCUT2D eigenvalue weighted by Gasteiger charge is -2.29. The molecule has 0 bridgehead atoms. The lowest BCUT2D eigenvalue weighted by Crippen LogP contribution is -2.50. The van der Waals surface area contributed by atoms with Crippen molar-refractivity contribution in [2.75, 3.05) is 26.3 Å². The summed E-state index contributed by atoms with van der Waals surface area (Å²) in [6, 6.07) is 3.94. The van der Waals surface area contributed by atoms with E-state index in [0.29, 0.717) is 30.8 Å². The topological polar surface area (TPSA) is 78.9 Å². The lowest BCUT2D eigenvalue weighted by molar-refractivity contribution is -0.136. The summed E-state index contributed by atoms with van der Waals surface area (Å²) >= 11 is 3.21. The first-order chi connectivity index (χ1) is 9.99. The smallest absolute Gasteiger partial charge is 0.255 e. The van der Waals surface area contributed by atoms with Crippen molar-refractivity contribution in [2.45, 2.75) is 13.0 Å². The minimum atomic E-state index is -0.654. The van der Waals surface area contributed by atoms with Crippen LogP contribution in [-0.4, -0.2) is 54.2 Å². The van der Waals surface area contributed by atoms with Crippen molar-refractivity contribution in [1.29, 1.82) is 0 Å². The van der Waals surface area contributed by atoms with E-state index >= 15 is 0 Å². The van der Waals surface area contributed by atoms with Crippen LogP contribution in [0.5, 0.6) is 5.75 Å².